The highest BCUT2D eigenvalue weighted by atomic mass is 35.5. The Morgan fingerprint density at radius 3 is 3.05 bits per heavy atom. The number of esters is 1. The van der Waals surface area contributed by atoms with Crippen LogP contribution in [0.1, 0.15) is 24.4 Å². The number of halogens is 2. The van der Waals surface area contributed by atoms with Crippen LogP contribution in [0.4, 0.5) is 4.39 Å². The lowest BCUT2D eigenvalue weighted by Crippen LogP contribution is -2.35. The van der Waals surface area contributed by atoms with Crippen LogP contribution >= 0.6 is 11.6 Å². The highest BCUT2D eigenvalue weighted by Gasteiger charge is 2.25. The second-order valence-corrected chi connectivity index (χ2v) is 5.07. The molecule has 0 radical (unpaired) electrons. The van der Waals surface area contributed by atoms with Crippen molar-refractivity contribution >= 4 is 17.6 Å². The van der Waals surface area contributed by atoms with Gasteiger partial charge in [0.05, 0.1) is 13.2 Å². The summed E-state index contributed by atoms with van der Waals surface area (Å²) in [7, 11) is 1.31. The summed E-state index contributed by atoms with van der Waals surface area (Å²) in [4.78, 5) is 11.9. The zero-order chi connectivity index (χ0) is 14.5. The molecule has 0 saturated carbocycles. The van der Waals surface area contributed by atoms with Crippen molar-refractivity contribution in [3.63, 3.8) is 0 Å². The van der Waals surface area contributed by atoms with Crippen LogP contribution in [0.2, 0.25) is 5.02 Å². The van der Waals surface area contributed by atoms with Crippen molar-refractivity contribution in [2.75, 3.05) is 20.3 Å². The molecular formula is C14H17ClFNO3. The summed E-state index contributed by atoms with van der Waals surface area (Å²) in [5.41, 5.74) is 0.498. The van der Waals surface area contributed by atoms with Crippen LogP contribution in [0.5, 0.6) is 0 Å². The summed E-state index contributed by atoms with van der Waals surface area (Å²) in [5, 5.41) is 3.28. The Morgan fingerprint density at radius 1 is 1.65 bits per heavy atom. The maximum atomic E-state index is 13.1. The van der Waals surface area contributed by atoms with E-state index in [0.717, 1.165) is 19.4 Å². The van der Waals surface area contributed by atoms with E-state index in [4.69, 9.17) is 21.1 Å². The molecule has 0 aromatic heterocycles. The first kappa shape index (κ1) is 15.2. The van der Waals surface area contributed by atoms with Crippen LogP contribution in [0.15, 0.2) is 18.2 Å². The number of hydrogen-bond donors (Lipinski definition) is 1. The predicted octanol–water partition coefficient (Wildman–Crippen LogP) is 2.46. The molecule has 1 N–H and O–H groups in total. The van der Waals surface area contributed by atoms with Gasteiger partial charge in [-0.15, -0.1) is 0 Å². The Balaban J connectivity index is 2.11. The van der Waals surface area contributed by atoms with E-state index in [1.165, 1.54) is 25.3 Å². The fourth-order valence-electron chi connectivity index (χ4n) is 2.23. The first-order valence-corrected chi connectivity index (χ1v) is 6.87. The lowest BCUT2D eigenvalue weighted by atomic mass is 10.1. The van der Waals surface area contributed by atoms with Gasteiger partial charge in [-0.2, -0.15) is 0 Å². The van der Waals surface area contributed by atoms with Gasteiger partial charge in [0.25, 0.3) is 0 Å². The molecule has 1 heterocycles. The predicted molar refractivity (Wildman–Crippen MR) is 73.1 cm³/mol. The highest BCUT2D eigenvalue weighted by Crippen LogP contribution is 2.25. The molecule has 20 heavy (non-hydrogen) atoms. The number of carbonyl (C=O) groups is 1. The van der Waals surface area contributed by atoms with E-state index in [0.29, 0.717) is 12.1 Å². The summed E-state index contributed by atoms with van der Waals surface area (Å²) in [6.07, 6.45) is 2.06. The number of methoxy groups -OCH3 is 1. The normalized spacial score (nSPS) is 19.9. The maximum Gasteiger partial charge on any atom is 0.327 e. The largest absolute Gasteiger partial charge is 0.468 e. The van der Waals surface area contributed by atoms with Gasteiger partial charge in [-0.1, -0.05) is 17.7 Å². The number of ether oxygens (including phenoxy) is 2. The molecule has 0 amide bonds. The Labute approximate surface area is 122 Å². The second kappa shape index (κ2) is 7.02. The van der Waals surface area contributed by atoms with Crippen molar-refractivity contribution in [3.05, 3.63) is 34.6 Å². The van der Waals surface area contributed by atoms with Gasteiger partial charge in [-0.05, 0) is 30.5 Å². The molecule has 110 valence electrons. The Morgan fingerprint density at radius 2 is 2.45 bits per heavy atom. The monoisotopic (exact) mass is 301 g/mol. The number of hydrogen-bond acceptors (Lipinski definition) is 4. The van der Waals surface area contributed by atoms with Crippen molar-refractivity contribution in [1.82, 2.24) is 5.32 Å². The molecule has 1 saturated heterocycles. The lowest BCUT2D eigenvalue weighted by Gasteiger charge is -2.20. The maximum absolute atomic E-state index is 13.1. The number of rotatable bonds is 5. The van der Waals surface area contributed by atoms with Gasteiger partial charge in [0.15, 0.2) is 0 Å². The first-order chi connectivity index (χ1) is 9.61. The Hall–Kier alpha value is -1.17. The molecule has 0 spiro atoms. The van der Waals surface area contributed by atoms with E-state index in [-0.39, 0.29) is 11.1 Å². The van der Waals surface area contributed by atoms with Crippen molar-refractivity contribution in [1.29, 1.82) is 0 Å². The Kier molecular flexibility index (Phi) is 5.34. The van der Waals surface area contributed by atoms with Crippen LogP contribution in [0, 0.1) is 5.82 Å². The third-order valence-corrected chi connectivity index (χ3v) is 3.61. The molecule has 0 bridgehead atoms. The summed E-state index contributed by atoms with van der Waals surface area (Å²) in [6.45, 7) is 1.26. The molecule has 2 atom stereocenters. The van der Waals surface area contributed by atoms with Gasteiger partial charge in [0.1, 0.15) is 11.9 Å². The Bertz CT molecular complexity index is 477. The summed E-state index contributed by atoms with van der Waals surface area (Å²) >= 11 is 6.00. The van der Waals surface area contributed by atoms with Crippen molar-refractivity contribution in [2.45, 2.75) is 25.0 Å². The fraction of sp³-hybridized carbons (Fsp3) is 0.500. The van der Waals surface area contributed by atoms with Crippen LogP contribution in [0.3, 0.4) is 0 Å². The number of benzene rings is 1. The minimum atomic E-state index is -0.725. The van der Waals surface area contributed by atoms with Gasteiger partial charge < -0.3 is 9.47 Å². The highest BCUT2D eigenvalue weighted by molar-refractivity contribution is 6.31. The third-order valence-electron chi connectivity index (χ3n) is 3.28. The second-order valence-electron chi connectivity index (χ2n) is 4.67. The summed E-state index contributed by atoms with van der Waals surface area (Å²) < 4.78 is 23.4. The van der Waals surface area contributed by atoms with E-state index in [9.17, 15) is 9.18 Å². The SMILES string of the molecule is COC(=O)C(NCC1CCCO1)c1ccc(F)cc1Cl. The smallest absolute Gasteiger partial charge is 0.327 e. The van der Waals surface area contributed by atoms with Gasteiger partial charge >= 0.3 is 5.97 Å². The minimum absolute atomic E-state index is 0.0846. The van der Waals surface area contributed by atoms with Gasteiger partial charge in [0.2, 0.25) is 0 Å². The van der Waals surface area contributed by atoms with E-state index in [2.05, 4.69) is 5.32 Å². The van der Waals surface area contributed by atoms with Gasteiger partial charge in [-0.25, -0.2) is 9.18 Å². The summed E-state index contributed by atoms with van der Waals surface area (Å²) in [6, 6.07) is 3.21. The average molecular weight is 302 g/mol. The van der Waals surface area contributed by atoms with Crippen LogP contribution < -0.4 is 5.32 Å². The molecule has 6 heteroatoms. The quantitative estimate of drug-likeness (QED) is 0.849. The van der Waals surface area contributed by atoms with Crippen molar-refractivity contribution in [3.8, 4) is 0 Å². The van der Waals surface area contributed by atoms with E-state index < -0.39 is 17.8 Å². The molecule has 1 aliphatic rings. The minimum Gasteiger partial charge on any atom is -0.468 e. The molecule has 1 aromatic rings. The topological polar surface area (TPSA) is 47.6 Å². The third kappa shape index (κ3) is 3.69. The molecule has 1 aromatic carbocycles. The lowest BCUT2D eigenvalue weighted by molar-refractivity contribution is -0.143. The number of carbonyl (C=O) groups excluding carboxylic acids is 1. The number of nitrogens with one attached hydrogen (secondary N) is 1. The fourth-order valence-corrected chi connectivity index (χ4v) is 2.50. The van der Waals surface area contributed by atoms with E-state index in [1.54, 1.807) is 0 Å². The zero-order valence-corrected chi connectivity index (χ0v) is 12.0. The molecule has 1 fully saturated rings. The molecular weight excluding hydrogens is 285 g/mol. The molecule has 2 rings (SSSR count). The molecule has 1 aliphatic heterocycles. The van der Waals surface area contributed by atoms with Crippen molar-refractivity contribution < 1.29 is 18.7 Å². The van der Waals surface area contributed by atoms with Crippen LogP contribution in [-0.2, 0) is 14.3 Å². The van der Waals surface area contributed by atoms with Crippen LogP contribution in [0.25, 0.3) is 0 Å². The summed E-state index contributed by atoms with van der Waals surface area (Å²) in [5.74, 6) is -0.905. The van der Waals surface area contributed by atoms with Gasteiger partial charge in [-0.3, -0.25) is 5.32 Å². The van der Waals surface area contributed by atoms with Crippen molar-refractivity contribution in [2.24, 2.45) is 0 Å². The standard InChI is InChI=1S/C14H17ClFNO3/c1-19-14(18)13(17-8-10-3-2-6-20-10)11-5-4-9(16)7-12(11)15/h4-5,7,10,13,17H,2-3,6,8H2,1H3. The van der Waals surface area contributed by atoms with Crippen LogP contribution in [-0.4, -0.2) is 32.3 Å². The molecule has 2 unspecified atom stereocenters. The average Bonchev–Trinajstić information content (AvgIpc) is 2.93. The molecule has 0 aliphatic carbocycles. The first-order valence-electron chi connectivity index (χ1n) is 6.49. The zero-order valence-electron chi connectivity index (χ0n) is 11.2. The van der Waals surface area contributed by atoms with E-state index >= 15 is 0 Å². The van der Waals surface area contributed by atoms with Gasteiger partial charge in [0, 0.05) is 18.2 Å². The van der Waals surface area contributed by atoms with E-state index in [1.807, 2.05) is 0 Å². The molecule has 4 nitrogen and oxygen atoms in total.